The van der Waals surface area contributed by atoms with Crippen LogP contribution in [0.25, 0.3) is 0 Å². The van der Waals surface area contributed by atoms with Gasteiger partial charge in [-0.25, -0.2) is 8.42 Å². The number of amides is 1. The Morgan fingerprint density at radius 3 is 2.64 bits per heavy atom. The maximum atomic E-state index is 13.1. The molecule has 0 unspecified atom stereocenters. The summed E-state index contributed by atoms with van der Waals surface area (Å²) in [5.74, 6) is 1.22. The number of carbonyl (C=O) groups excluding carboxylic acids is 1. The molecule has 4 rings (SSSR count). The lowest BCUT2D eigenvalue weighted by Gasteiger charge is -2.22. The minimum absolute atomic E-state index is 0.0497. The summed E-state index contributed by atoms with van der Waals surface area (Å²) in [4.78, 5) is 14.8. The van der Waals surface area contributed by atoms with Gasteiger partial charge in [0.25, 0.3) is 0 Å². The molecule has 2 aliphatic rings. The molecule has 2 aromatic rings. The van der Waals surface area contributed by atoms with Gasteiger partial charge in [-0.2, -0.15) is 4.31 Å². The van der Waals surface area contributed by atoms with Gasteiger partial charge in [0.2, 0.25) is 15.9 Å². The van der Waals surface area contributed by atoms with Crippen LogP contribution in [0.2, 0.25) is 0 Å². The summed E-state index contributed by atoms with van der Waals surface area (Å²) in [6.07, 6.45) is 6.61. The third-order valence-corrected chi connectivity index (χ3v) is 8.65. The predicted octanol–water partition coefficient (Wildman–Crippen LogP) is 3.47. The zero-order chi connectivity index (χ0) is 23.4. The average Bonchev–Trinajstić information content (AvgIpc) is 3.33. The van der Waals surface area contributed by atoms with Crippen LogP contribution >= 0.6 is 0 Å². The van der Waals surface area contributed by atoms with Gasteiger partial charge in [-0.05, 0) is 70.1 Å². The Kier molecular flexibility index (Phi) is 7.38. The smallest absolute Gasteiger partial charge is 0.248 e. The van der Waals surface area contributed by atoms with Crippen LogP contribution in [0.4, 0.5) is 0 Å². The first-order valence-electron chi connectivity index (χ1n) is 11.8. The molecule has 180 valence electrons. The Morgan fingerprint density at radius 1 is 1.12 bits per heavy atom. The van der Waals surface area contributed by atoms with Crippen molar-refractivity contribution in [2.75, 3.05) is 26.2 Å². The molecular formula is C24H33N3O5S. The first kappa shape index (κ1) is 23.8. The molecule has 1 saturated carbocycles. The van der Waals surface area contributed by atoms with Crippen LogP contribution < -0.4 is 4.74 Å². The van der Waals surface area contributed by atoms with Gasteiger partial charge >= 0.3 is 0 Å². The minimum atomic E-state index is -3.70. The quantitative estimate of drug-likeness (QED) is 0.609. The number of hydrogen-bond donors (Lipinski definition) is 0. The van der Waals surface area contributed by atoms with Gasteiger partial charge in [-0.3, -0.25) is 4.79 Å². The molecule has 1 aromatic heterocycles. The number of aromatic nitrogens is 1. The van der Waals surface area contributed by atoms with Crippen molar-refractivity contribution in [3.8, 4) is 5.75 Å². The third kappa shape index (κ3) is 5.58. The van der Waals surface area contributed by atoms with Crippen LogP contribution in [0.15, 0.2) is 33.7 Å². The molecule has 1 aliphatic carbocycles. The van der Waals surface area contributed by atoms with Gasteiger partial charge in [-0.15, -0.1) is 0 Å². The van der Waals surface area contributed by atoms with E-state index in [1.807, 2.05) is 24.3 Å². The van der Waals surface area contributed by atoms with Crippen LogP contribution in [-0.4, -0.2) is 61.0 Å². The lowest BCUT2D eigenvalue weighted by atomic mass is 10.1. The van der Waals surface area contributed by atoms with Crippen LogP contribution in [0, 0.1) is 13.8 Å². The summed E-state index contributed by atoms with van der Waals surface area (Å²) in [5.41, 5.74) is 1.44. The number of nitrogens with zero attached hydrogens (tertiary/aromatic N) is 3. The van der Waals surface area contributed by atoms with Gasteiger partial charge < -0.3 is 14.2 Å². The zero-order valence-electron chi connectivity index (χ0n) is 19.5. The van der Waals surface area contributed by atoms with Gasteiger partial charge in [0.1, 0.15) is 16.3 Å². The summed E-state index contributed by atoms with van der Waals surface area (Å²) in [6, 6.07) is 8.01. The van der Waals surface area contributed by atoms with E-state index < -0.39 is 10.0 Å². The van der Waals surface area contributed by atoms with Crippen molar-refractivity contribution in [2.24, 2.45) is 0 Å². The molecule has 0 atom stereocenters. The van der Waals surface area contributed by atoms with Crippen molar-refractivity contribution >= 4 is 15.9 Å². The van der Waals surface area contributed by atoms with Gasteiger partial charge in [0.05, 0.1) is 6.10 Å². The number of rotatable bonds is 7. The third-order valence-electron chi connectivity index (χ3n) is 6.50. The first-order valence-corrected chi connectivity index (χ1v) is 13.2. The topological polar surface area (TPSA) is 93.0 Å². The fourth-order valence-corrected chi connectivity index (χ4v) is 6.50. The molecule has 8 nitrogen and oxygen atoms in total. The number of aryl methyl sites for hydroxylation is 3. The maximum absolute atomic E-state index is 13.1. The van der Waals surface area contributed by atoms with E-state index in [4.69, 9.17) is 9.26 Å². The Hall–Kier alpha value is -2.39. The van der Waals surface area contributed by atoms with E-state index in [-0.39, 0.29) is 17.3 Å². The van der Waals surface area contributed by atoms with Crippen molar-refractivity contribution in [1.82, 2.24) is 14.4 Å². The minimum Gasteiger partial charge on any atom is -0.490 e. The fourth-order valence-electron chi connectivity index (χ4n) is 4.74. The van der Waals surface area contributed by atoms with E-state index in [9.17, 15) is 13.2 Å². The Morgan fingerprint density at radius 2 is 1.91 bits per heavy atom. The number of benzene rings is 1. The van der Waals surface area contributed by atoms with Gasteiger partial charge in [0.15, 0.2) is 5.76 Å². The zero-order valence-corrected chi connectivity index (χ0v) is 20.3. The highest BCUT2D eigenvalue weighted by molar-refractivity contribution is 7.89. The largest absolute Gasteiger partial charge is 0.490 e. The first-order chi connectivity index (χ1) is 15.8. The number of sulfonamides is 1. The van der Waals surface area contributed by atoms with Crippen molar-refractivity contribution < 1.29 is 22.5 Å². The van der Waals surface area contributed by atoms with Crippen molar-refractivity contribution in [2.45, 2.75) is 69.8 Å². The molecule has 1 aromatic carbocycles. The van der Waals surface area contributed by atoms with E-state index in [0.29, 0.717) is 56.5 Å². The average molecular weight is 476 g/mol. The van der Waals surface area contributed by atoms with E-state index >= 15 is 0 Å². The molecule has 0 spiro atoms. The van der Waals surface area contributed by atoms with E-state index in [2.05, 4.69) is 5.16 Å². The van der Waals surface area contributed by atoms with Crippen LogP contribution in [-0.2, 0) is 21.2 Å². The van der Waals surface area contributed by atoms with E-state index in [0.717, 1.165) is 24.2 Å². The van der Waals surface area contributed by atoms with Crippen molar-refractivity contribution in [1.29, 1.82) is 0 Å². The SMILES string of the molecule is Cc1noc(C)c1S(=O)(=O)N1CCCN(C(=O)CCc2cccc(OC3CCCC3)c2)CC1. The second kappa shape index (κ2) is 10.3. The number of ether oxygens (including phenoxy) is 1. The molecule has 33 heavy (non-hydrogen) atoms. The van der Waals surface area contributed by atoms with Crippen LogP contribution in [0.1, 0.15) is 55.5 Å². The van der Waals surface area contributed by atoms with Crippen molar-refractivity contribution in [3.05, 3.63) is 41.3 Å². The highest BCUT2D eigenvalue weighted by Gasteiger charge is 2.32. The van der Waals surface area contributed by atoms with Crippen molar-refractivity contribution in [3.63, 3.8) is 0 Å². The molecule has 2 heterocycles. The summed E-state index contributed by atoms with van der Waals surface area (Å²) in [5, 5.41) is 3.78. The molecule has 0 bridgehead atoms. The van der Waals surface area contributed by atoms with E-state index in [1.54, 1.807) is 18.7 Å². The fraction of sp³-hybridized carbons (Fsp3) is 0.583. The molecule has 0 radical (unpaired) electrons. The Bertz CT molecular complexity index is 1060. The summed E-state index contributed by atoms with van der Waals surface area (Å²) in [6.45, 7) is 4.81. The van der Waals surface area contributed by atoms with Gasteiger partial charge in [0, 0.05) is 32.6 Å². The number of hydrogen-bond acceptors (Lipinski definition) is 6. The second-order valence-corrected chi connectivity index (χ2v) is 10.8. The normalized spacial score (nSPS) is 18.4. The summed E-state index contributed by atoms with van der Waals surface area (Å²) in [7, 11) is -3.70. The molecular weight excluding hydrogens is 442 g/mol. The predicted molar refractivity (Wildman–Crippen MR) is 124 cm³/mol. The van der Waals surface area contributed by atoms with Gasteiger partial charge in [-0.1, -0.05) is 17.3 Å². The molecule has 1 amide bonds. The highest BCUT2D eigenvalue weighted by atomic mass is 32.2. The Labute approximate surface area is 195 Å². The molecule has 1 saturated heterocycles. The Balaban J connectivity index is 1.32. The monoisotopic (exact) mass is 475 g/mol. The number of carbonyl (C=O) groups is 1. The highest BCUT2D eigenvalue weighted by Crippen LogP contribution is 2.26. The second-order valence-electron chi connectivity index (χ2n) is 8.96. The molecule has 2 fully saturated rings. The molecule has 0 N–H and O–H groups in total. The molecule has 9 heteroatoms. The standard InChI is InChI=1S/C24H33N3O5S/c1-18-24(19(2)32-25-18)33(29,30)27-14-6-13-26(15-16-27)23(28)12-11-20-7-5-10-22(17-20)31-21-8-3-4-9-21/h5,7,10,17,21H,3-4,6,8-9,11-16H2,1-2H3. The lowest BCUT2D eigenvalue weighted by Crippen LogP contribution is -2.37. The molecule has 1 aliphatic heterocycles. The summed E-state index contributed by atoms with van der Waals surface area (Å²) < 4.78 is 38.8. The lowest BCUT2D eigenvalue weighted by molar-refractivity contribution is -0.131. The van der Waals surface area contributed by atoms with Crippen LogP contribution in [0.5, 0.6) is 5.75 Å². The maximum Gasteiger partial charge on any atom is 0.248 e. The van der Waals surface area contributed by atoms with Crippen LogP contribution in [0.3, 0.4) is 0 Å². The summed E-state index contributed by atoms with van der Waals surface area (Å²) >= 11 is 0. The van der Waals surface area contributed by atoms with E-state index in [1.165, 1.54) is 17.1 Å².